The standard InChI is InChI=1S/C18H22N2O4/c21-13-15(16-7-4-9-23-16)19-18(22)17-12-20(8-10-24-17)11-14-5-2-1-3-6-14/h1-7,9,15,17,21H,8,10-13H2,(H,19,22). The average molecular weight is 330 g/mol. The van der Waals surface area contributed by atoms with Crippen LogP contribution in [0.3, 0.4) is 0 Å². The number of hydrogen-bond acceptors (Lipinski definition) is 5. The van der Waals surface area contributed by atoms with E-state index in [1.54, 1.807) is 12.1 Å². The van der Waals surface area contributed by atoms with E-state index >= 15 is 0 Å². The van der Waals surface area contributed by atoms with Crippen LogP contribution in [0.15, 0.2) is 53.1 Å². The van der Waals surface area contributed by atoms with E-state index < -0.39 is 12.1 Å². The fraction of sp³-hybridized carbons (Fsp3) is 0.389. The Morgan fingerprint density at radius 3 is 2.83 bits per heavy atom. The molecule has 1 saturated heterocycles. The molecule has 1 amide bonds. The van der Waals surface area contributed by atoms with Crippen molar-refractivity contribution in [3.63, 3.8) is 0 Å². The third-order valence-electron chi connectivity index (χ3n) is 4.08. The molecule has 0 spiro atoms. The van der Waals surface area contributed by atoms with Gasteiger partial charge >= 0.3 is 0 Å². The molecule has 1 aliphatic rings. The van der Waals surface area contributed by atoms with Gasteiger partial charge in [-0.1, -0.05) is 30.3 Å². The summed E-state index contributed by atoms with van der Waals surface area (Å²) in [6, 6.07) is 13.0. The van der Waals surface area contributed by atoms with E-state index in [-0.39, 0.29) is 12.5 Å². The fourth-order valence-electron chi connectivity index (χ4n) is 2.81. The van der Waals surface area contributed by atoms with E-state index in [4.69, 9.17) is 9.15 Å². The van der Waals surface area contributed by atoms with Gasteiger partial charge in [0.05, 0.1) is 19.5 Å². The van der Waals surface area contributed by atoms with Crippen LogP contribution < -0.4 is 5.32 Å². The molecule has 1 aromatic carbocycles. The minimum absolute atomic E-state index is 0.223. The highest BCUT2D eigenvalue weighted by molar-refractivity contribution is 5.81. The number of benzene rings is 1. The van der Waals surface area contributed by atoms with Gasteiger partial charge in [0.2, 0.25) is 0 Å². The van der Waals surface area contributed by atoms with Crippen molar-refractivity contribution in [3.8, 4) is 0 Å². The van der Waals surface area contributed by atoms with Crippen molar-refractivity contribution in [3.05, 3.63) is 60.1 Å². The van der Waals surface area contributed by atoms with Crippen LogP contribution in [-0.4, -0.2) is 48.3 Å². The number of nitrogens with zero attached hydrogens (tertiary/aromatic N) is 1. The SMILES string of the molecule is O=C(NC(CO)c1ccco1)C1CN(Cc2ccccc2)CCO1. The van der Waals surface area contributed by atoms with Crippen molar-refractivity contribution in [2.75, 3.05) is 26.3 Å². The van der Waals surface area contributed by atoms with E-state index in [0.29, 0.717) is 18.9 Å². The highest BCUT2D eigenvalue weighted by atomic mass is 16.5. The third-order valence-corrected chi connectivity index (χ3v) is 4.08. The Bertz CT molecular complexity index is 630. The van der Waals surface area contributed by atoms with Crippen molar-refractivity contribution in [1.29, 1.82) is 0 Å². The highest BCUT2D eigenvalue weighted by Gasteiger charge is 2.28. The molecule has 2 heterocycles. The molecular formula is C18H22N2O4. The van der Waals surface area contributed by atoms with Gasteiger partial charge in [-0.3, -0.25) is 9.69 Å². The predicted molar refractivity (Wildman–Crippen MR) is 88.1 cm³/mol. The molecule has 128 valence electrons. The largest absolute Gasteiger partial charge is 0.467 e. The van der Waals surface area contributed by atoms with Crippen molar-refractivity contribution in [2.45, 2.75) is 18.7 Å². The second-order valence-electron chi connectivity index (χ2n) is 5.84. The Balaban J connectivity index is 1.56. The minimum atomic E-state index is -0.555. The highest BCUT2D eigenvalue weighted by Crippen LogP contribution is 2.15. The fourth-order valence-corrected chi connectivity index (χ4v) is 2.81. The van der Waals surface area contributed by atoms with Crippen LogP contribution in [-0.2, 0) is 16.1 Å². The van der Waals surface area contributed by atoms with Crippen LogP contribution in [0.2, 0.25) is 0 Å². The van der Waals surface area contributed by atoms with Crippen LogP contribution in [0.4, 0.5) is 0 Å². The summed E-state index contributed by atoms with van der Waals surface area (Å²) in [4.78, 5) is 14.6. The van der Waals surface area contributed by atoms with Crippen molar-refractivity contribution < 1.29 is 19.1 Å². The normalized spacial score (nSPS) is 19.8. The molecule has 2 unspecified atom stereocenters. The number of nitrogens with one attached hydrogen (secondary N) is 1. The number of furan rings is 1. The molecule has 0 saturated carbocycles. The van der Waals surface area contributed by atoms with Gasteiger partial charge in [0.25, 0.3) is 5.91 Å². The number of rotatable bonds is 6. The van der Waals surface area contributed by atoms with Crippen LogP contribution in [0.25, 0.3) is 0 Å². The molecule has 2 atom stereocenters. The molecule has 1 fully saturated rings. The lowest BCUT2D eigenvalue weighted by Gasteiger charge is -2.32. The monoisotopic (exact) mass is 330 g/mol. The Labute approximate surface area is 141 Å². The third kappa shape index (κ3) is 4.23. The number of carbonyl (C=O) groups excluding carboxylic acids is 1. The zero-order chi connectivity index (χ0) is 16.8. The lowest BCUT2D eigenvalue weighted by Crippen LogP contribution is -2.50. The average Bonchev–Trinajstić information content (AvgIpc) is 3.15. The molecule has 3 rings (SSSR count). The van der Waals surface area contributed by atoms with E-state index in [1.807, 2.05) is 18.2 Å². The minimum Gasteiger partial charge on any atom is -0.467 e. The summed E-state index contributed by atoms with van der Waals surface area (Å²) in [6.45, 7) is 2.39. The van der Waals surface area contributed by atoms with Gasteiger partial charge in [0, 0.05) is 19.6 Å². The summed E-state index contributed by atoms with van der Waals surface area (Å²) in [5.74, 6) is 0.297. The van der Waals surface area contributed by atoms with Crippen LogP contribution in [0.1, 0.15) is 17.4 Å². The summed E-state index contributed by atoms with van der Waals surface area (Å²) < 4.78 is 10.9. The molecule has 2 N–H and O–H groups in total. The zero-order valence-electron chi connectivity index (χ0n) is 13.4. The van der Waals surface area contributed by atoms with Crippen molar-refractivity contribution in [2.24, 2.45) is 0 Å². The van der Waals surface area contributed by atoms with Crippen molar-refractivity contribution >= 4 is 5.91 Å². The summed E-state index contributed by atoms with van der Waals surface area (Å²) in [5, 5.41) is 12.3. The molecule has 6 heteroatoms. The number of amides is 1. The first kappa shape index (κ1) is 16.7. The lowest BCUT2D eigenvalue weighted by molar-refractivity contribution is -0.140. The Hall–Kier alpha value is -2.15. The van der Waals surface area contributed by atoms with Gasteiger partial charge in [-0.15, -0.1) is 0 Å². The summed E-state index contributed by atoms with van der Waals surface area (Å²) in [5.41, 5.74) is 1.21. The second-order valence-corrected chi connectivity index (χ2v) is 5.84. The summed E-state index contributed by atoms with van der Waals surface area (Å²) in [6.07, 6.45) is 0.967. The van der Waals surface area contributed by atoms with Gasteiger partial charge in [0.15, 0.2) is 0 Å². The molecule has 0 radical (unpaired) electrons. The number of hydrogen-bond donors (Lipinski definition) is 2. The molecule has 6 nitrogen and oxygen atoms in total. The van der Waals surface area contributed by atoms with Gasteiger partial charge in [0.1, 0.15) is 17.9 Å². The quantitative estimate of drug-likeness (QED) is 0.836. The number of aliphatic hydroxyl groups is 1. The Morgan fingerprint density at radius 1 is 1.29 bits per heavy atom. The van der Waals surface area contributed by atoms with Crippen LogP contribution in [0, 0.1) is 0 Å². The van der Waals surface area contributed by atoms with Gasteiger partial charge < -0.3 is 19.6 Å². The Morgan fingerprint density at radius 2 is 2.12 bits per heavy atom. The molecule has 0 aliphatic carbocycles. The maximum atomic E-state index is 12.4. The molecule has 1 aliphatic heterocycles. The topological polar surface area (TPSA) is 74.9 Å². The Kier molecular flexibility index (Phi) is 5.63. The number of ether oxygens (including phenoxy) is 1. The van der Waals surface area contributed by atoms with Gasteiger partial charge in [-0.2, -0.15) is 0 Å². The van der Waals surface area contributed by atoms with Gasteiger partial charge in [-0.25, -0.2) is 0 Å². The molecule has 24 heavy (non-hydrogen) atoms. The van der Waals surface area contributed by atoms with E-state index in [2.05, 4.69) is 22.3 Å². The maximum Gasteiger partial charge on any atom is 0.251 e. The van der Waals surface area contributed by atoms with Crippen LogP contribution >= 0.6 is 0 Å². The molecular weight excluding hydrogens is 308 g/mol. The first-order valence-electron chi connectivity index (χ1n) is 8.09. The summed E-state index contributed by atoms with van der Waals surface area (Å²) in [7, 11) is 0. The number of carbonyl (C=O) groups is 1. The smallest absolute Gasteiger partial charge is 0.251 e. The molecule has 1 aromatic heterocycles. The second kappa shape index (κ2) is 8.10. The first-order chi connectivity index (χ1) is 11.8. The zero-order valence-corrected chi connectivity index (χ0v) is 13.4. The number of aliphatic hydroxyl groups excluding tert-OH is 1. The lowest BCUT2D eigenvalue weighted by atomic mass is 10.1. The van der Waals surface area contributed by atoms with E-state index in [9.17, 15) is 9.90 Å². The van der Waals surface area contributed by atoms with E-state index in [0.717, 1.165) is 13.1 Å². The molecule has 0 bridgehead atoms. The van der Waals surface area contributed by atoms with Crippen LogP contribution in [0.5, 0.6) is 0 Å². The molecule has 2 aromatic rings. The van der Waals surface area contributed by atoms with E-state index in [1.165, 1.54) is 11.8 Å². The van der Waals surface area contributed by atoms with Gasteiger partial charge in [-0.05, 0) is 17.7 Å². The predicted octanol–water partition coefficient (Wildman–Crippen LogP) is 1.33. The first-order valence-corrected chi connectivity index (χ1v) is 8.09. The van der Waals surface area contributed by atoms with Crippen molar-refractivity contribution in [1.82, 2.24) is 10.2 Å². The summed E-state index contributed by atoms with van der Waals surface area (Å²) >= 11 is 0. The maximum absolute atomic E-state index is 12.4. The number of morpholine rings is 1.